The van der Waals surface area contributed by atoms with Crippen LogP contribution >= 0.6 is 15.9 Å². The van der Waals surface area contributed by atoms with Gasteiger partial charge in [0.05, 0.1) is 19.8 Å². The molecule has 1 saturated heterocycles. The van der Waals surface area contributed by atoms with E-state index in [9.17, 15) is 14.0 Å². The van der Waals surface area contributed by atoms with Gasteiger partial charge in [-0.25, -0.2) is 4.39 Å². The summed E-state index contributed by atoms with van der Waals surface area (Å²) in [6.07, 6.45) is 0.0841. The zero-order chi connectivity index (χ0) is 15.5. The van der Waals surface area contributed by atoms with E-state index in [0.717, 1.165) is 0 Å². The Balaban J connectivity index is 2.35. The highest BCUT2D eigenvalue weighted by Crippen LogP contribution is 2.32. The van der Waals surface area contributed by atoms with E-state index in [0.29, 0.717) is 10.0 Å². The number of rotatable bonds is 4. The van der Waals surface area contributed by atoms with Crippen LogP contribution in [0.4, 0.5) is 4.39 Å². The van der Waals surface area contributed by atoms with Gasteiger partial charge in [-0.3, -0.25) is 9.59 Å². The van der Waals surface area contributed by atoms with Crippen LogP contribution in [0.2, 0.25) is 0 Å². The van der Waals surface area contributed by atoms with Gasteiger partial charge in [-0.1, -0.05) is 22.0 Å². The van der Waals surface area contributed by atoms with Crippen molar-refractivity contribution in [1.82, 2.24) is 0 Å². The van der Waals surface area contributed by atoms with Gasteiger partial charge in [0.15, 0.2) is 11.2 Å². The number of Topliss-reactive ketones (excluding diaryl/α,β-unsaturated/α-hetero) is 1. The normalized spacial score (nSPS) is 22.1. The SMILES string of the molecule is CCOC(=O)C1(Cc2ccc(Br)cc2F)COCCC1=O. The fraction of sp³-hybridized carbons (Fsp3) is 0.467. The van der Waals surface area contributed by atoms with Crippen molar-refractivity contribution >= 4 is 27.7 Å². The Morgan fingerprint density at radius 2 is 2.29 bits per heavy atom. The summed E-state index contributed by atoms with van der Waals surface area (Å²) in [5.41, 5.74) is -1.15. The Kier molecular flexibility index (Phi) is 5.11. The highest BCUT2D eigenvalue weighted by atomic mass is 79.9. The predicted octanol–water partition coefficient (Wildman–Crippen LogP) is 2.67. The number of halogens is 2. The fourth-order valence-corrected chi connectivity index (χ4v) is 2.72. The molecule has 0 spiro atoms. The number of carbonyl (C=O) groups is 2. The molecule has 0 N–H and O–H groups in total. The van der Waals surface area contributed by atoms with Crippen LogP contribution < -0.4 is 0 Å². The Bertz CT molecular complexity index is 561. The van der Waals surface area contributed by atoms with E-state index in [-0.39, 0.29) is 38.4 Å². The third-order valence-corrected chi connectivity index (χ3v) is 4.02. The maximum Gasteiger partial charge on any atom is 0.322 e. The first kappa shape index (κ1) is 16.1. The number of benzene rings is 1. The van der Waals surface area contributed by atoms with Gasteiger partial charge in [0.25, 0.3) is 0 Å². The van der Waals surface area contributed by atoms with Gasteiger partial charge in [0.2, 0.25) is 0 Å². The number of hydrogen-bond acceptors (Lipinski definition) is 4. The smallest absolute Gasteiger partial charge is 0.322 e. The summed E-state index contributed by atoms with van der Waals surface area (Å²) in [7, 11) is 0. The summed E-state index contributed by atoms with van der Waals surface area (Å²) in [6, 6.07) is 4.54. The average Bonchev–Trinajstić information content (AvgIpc) is 2.44. The van der Waals surface area contributed by atoms with Crippen molar-refractivity contribution in [3.05, 3.63) is 34.1 Å². The first-order chi connectivity index (χ1) is 9.99. The molecule has 0 bridgehead atoms. The van der Waals surface area contributed by atoms with E-state index in [4.69, 9.17) is 9.47 Å². The van der Waals surface area contributed by atoms with Crippen molar-refractivity contribution in [1.29, 1.82) is 0 Å². The van der Waals surface area contributed by atoms with Crippen LogP contribution in [0, 0.1) is 11.2 Å². The van der Waals surface area contributed by atoms with Crippen molar-refractivity contribution in [2.45, 2.75) is 19.8 Å². The zero-order valence-electron chi connectivity index (χ0n) is 11.7. The average molecular weight is 359 g/mol. The van der Waals surface area contributed by atoms with Gasteiger partial charge in [-0.15, -0.1) is 0 Å². The van der Waals surface area contributed by atoms with Crippen molar-refractivity contribution in [3.63, 3.8) is 0 Å². The minimum absolute atomic E-state index is 0.0518. The number of esters is 1. The molecule has 1 aromatic carbocycles. The van der Waals surface area contributed by atoms with Gasteiger partial charge < -0.3 is 9.47 Å². The summed E-state index contributed by atoms with van der Waals surface area (Å²) < 4.78 is 24.9. The van der Waals surface area contributed by atoms with Crippen LogP contribution in [0.25, 0.3) is 0 Å². The second-order valence-corrected chi connectivity index (χ2v) is 5.86. The highest BCUT2D eigenvalue weighted by molar-refractivity contribution is 9.10. The predicted molar refractivity (Wildman–Crippen MR) is 77.3 cm³/mol. The Morgan fingerprint density at radius 1 is 1.52 bits per heavy atom. The maximum absolute atomic E-state index is 14.0. The van der Waals surface area contributed by atoms with E-state index in [1.54, 1.807) is 19.1 Å². The third kappa shape index (κ3) is 3.32. The molecule has 1 aliphatic rings. The molecular weight excluding hydrogens is 343 g/mol. The van der Waals surface area contributed by atoms with E-state index >= 15 is 0 Å². The number of hydrogen-bond donors (Lipinski definition) is 0. The molecule has 1 aromatic rings. The monoisotopic (exact) mass is 358 g/mol. The summed E-state index contributed by atoms with van der Waals surface area (Å²) in [4.78, 5) is 24.6. The van der Waals surface area contributed by atoms with Gasteiger partial charge in [0.1, 0.15) is 5.82 Å². The van der Waals surface area contributed by atoms with Crippen LogP contribution in [0.1, 0.15) is 18.9 Å². The first-order valence-corrected chi connectivity index (χ1v) is 7.51. The summed E-state index contributed by atoms with van der Waals surface area (Å²) in [6.45, 7) is 2.04. The van der Waals surface area contributed by atoms with Crippen LogP contribution in [0.15, 0.2) is 22.7 Å². The fourth-order valence-electron chi connectivity index (χ4n) is 2.38. The molecule has 0 radical (unpaired) electrons. The minimum atomic E-state index is -1.44. The summed E-state index contributed by atoms with van der Waals surface area (Å²) in [5.74, 6) is -1.36. The highest BCUT2D eigenvalue weighted by Gasteiger charge is 2.49. The molecule has 0 aromatic heterocycles. The molecule has 114 valence electrons. The Hall–Kier alpha value is -1.27. The summed E-state index contributed by atoms with van der Waals surface area (Å²) >= 11 is 3.18. The van der Waals surface area contributed by atoms with E-state index in [1.165, 1.54) is 6.07 Å². The molecule has 6 heteroatoms. The van der Waals surface area contributed by atoms with Crippen molar-refractivity contribution in [2.24, 2.45) is 5.41 Å². The second kappa shape index (κ2) is 6.66. The molecule has 1 aliphatic heterocycles. The van der Waals surface area contributed by atoms with Crippen molar-refractivity contribution < 1.29 is 23.5 Å². The molecule has 1 unspecified atom stereocenters. The molecule has 21 heavy (non-hydrogen) atoms. The molecule has 1 fully saturated rings. The molecule has 4 nitrogen and oxygen atoms in total. The third-order valence-electron chi connectivity index (χ3n) is 3.53. The van der Waals surface area contributed by atoms with Crippen molar-refractivity contribution in [2.75, 3.05) is 19.8 Å². The van der Waals surface area contributed by atoms with Gasteiger partial charge in [0, 0.05) is 17.3 Å². The lowest BCUT2D eigenvalue weighted by Gasteiger charge is -2.33. The van der Waals surface area contributed by atoms with Gasteiger partial charge in [-0.2, -0.15) is 0 Å². The van der Waals surface area contributed by atoms with Gasteiger partial charge >= 0.3 is 5.97 Å². The van der Waals surface area contributed by atoms with Crippen LogP contribution in [-0.2, 0) is 25.5 Å². The van der Waals surface area contributed by atoms with Crippen LogP contribution in [0.5, 0.6) is 0 Å². The molecule has 0 saturated carbocycles. The van der Waals surface area contributed by atoms with E-state index < -0.39 is 17.2 Å². The Morgan fingerprint density at radius 3 is 2.90 bits per heavy atom. The molecule has 0 amide bonds. The summed E-state index contributed by atoms with van der Waals surface area (Å²) in [5, 5.41) is 0. The molecular formula is C15H16BrFO4. The largest absolute Gasteiger partial charge is 0.465 e. The number of carbonyl (C=O) groups excluding carboxylic acids is 2. The zero-order valence-corrected chi connectivity index (χ0v) is 13.2. The van der Waals surface area contributed by atoms with Crippen molar-refractivity contribution in [3.8, 4) is 0 Å². The maximum atomic E-state index is 14.0. The first-order valence-electron chi connectivity index (χ1n) is 6.72. The standard InChI is InChI=1S/C15H16BrFO4/c1-2-21-14(19)15(9-20-6-5-13(15)18)8-10-3-4-11(16)7-12(10)17/h3-4,7H,2,5-6,8-9H2,1H3. The molecule has 2 rings (SSSR count). The quantitative estimate of drug-likeness (QED) is 0.613. The Labute approximate surface area is 130 Å². The molecule has 1 atom stereocenters. The van der Waals surface area contributed by atoms with E-state index in [1.807, 2.05) is 0 Å². The lowest BCUT2D eigenvalue weighted by Crippen LogP contribution is -2.49. The number of ether oxygens (including phenoxy) is 2. The second-order valence-electron chi connectivity index (χ2n) is 4.94. The lowest BCUT2D eigenvalue weighted by atomic mass is 9.76. The molecule has 1 heterocycles. The van der Waals surface area contributed by atoms with Crippen LogP contribution in [0.3, 0.4) is 0 Å². The van der Waals surface area contributed by atoms with E-state index in [2.05, 4.69) is 15.9 Å². The topological polar surface area (TPSA) is 52.6 Å². The number of ketones is 1. The van der Waals surface area contributed by atoms with Gasteiger partial charge in [-0.05, 0) is 24.6 Å². The minimum Gasteiger partial charge on any atom is -0.465 e. The van der Waals surface area contributed by atoms with Crippen LogP contribution in [-0.4, -0.2) is 31.6 Å². The molecule has 0 aliphatic carbocycles. The lowest BCUT2D eigenvalue weighted by molar-refractivity contribution is -0.169.